The van der Waals surface area contributed by atoms with Crippen molar-refractivity contribution in [3.05, 3.63) is 28.3 Å². The average Bonchev–Trinajstić information content (AvgIpc) is 2.67. The van der Waals surface area contributed by atoms with E-state index in [1.165, 1.54) is 24.1 Å². The standard InChI is InChI=1S/C17H21N3O7/c1-3-27-17(23)11-5-4-8-19(10-11)16(22)15(21)18-13-7-6-12(20(24)25)9-14(13)26-2/h6-7,9,11H,3-5,8,10H2,1-2H3,(H,18,21). The number of methoxy groups -OCH3 is 1. The molecule has 1 heterocycles. The van der Waals surface area contributed by atoms with Crippen molar-refractivity contribution in [1.82, 2.24) is 4.90 Å². The number of ether oxygens (including phenoxy) is 2. The zero-order chi connectivity index (χ0) is 20.0. The Hall–Kier alpha value is -3.17. The Morgan fingerprint density at radius 2 is 2.11 bits per heavy atom. The highest BCUT2D eigenvalue weighted by atomic mass is 16.6. The number of likely N-dealkylation sites (tertiary alicyclic amines) is 1. The van der Waals surface area contributed by atoms with E-state index in [0.29, 0.717) is 19.4 Å². The molecule has 10 nitrogen and oxygen atoms in total. The Bertz CT molecular complexity index is 750. The van der Waals surface area contributed by atoms with Crippen LogP contribution in [0.1, 0.15) is 19.8 Å². The molecule has 0 spiro atoms. The van der Waals surface area contributed by atoms with Crippen molar-refractivity contribution in [2.45, 2.75) is 19.8 Å². The first-order valence-corrected chi connectivity index (χ1v) is 8.46. The van der Waals surface area contributed by atoms with Crippen LogP contribution in [0.2, 0.25) is 0 Å². The average molecular weight is 379 g/mol. The lowest BCUT2D eigenvalue weighted by atomic mass is 9.98. The monoisotopic (exact) mass is 379 g/mol. The highest BCUT2D eigenvalue weighted by Crippen LogP contribution is 2.29. The molecule has 27 heavy (non-hydrogen) atoms. The fraction of sp³-hybridized carbons (Fsp3) is 0.471. The van der Waals surface area contributed by atoms with Crippen LogP contribution in [0.25, 0.3) is 0 Å². The first-order valence-electron chi connectivity index (χ1n) is 8.46. The smallest absolute Gasteiger partial charge is 0.314 e. The van der Waals surface area contributed by atoms with Crippen LogP contribution >= 0.6 is 0 Å². The van der Waals surface area contributed by atoms with Crippen LogP contribution in [0.3, 0.4) is 0 Å². The number of amides is 2. The number of non-ortho nitro benzene ring substituents is 1. The number of piperidine rings is 1. The van der Waals surface area contributed by atoms with Gasteiger partial charge in [0, 0.05) is 19.2 Å². The number of hydrogen-bond donors (Lipinski definition) is 1. The number of nitrogens with zero attached hydrogens (tertiary/aromatic N) is 2. The summed E-state index contributed by atoms with van der Waals surface area (Å²) in [7, 11) is 1.30. The van der Waals surface area contributed by atoms with Crippen LogP contribution in [-0.2, 0) is 19.1 Å². The normalized spacial score (nSPS) is 16.4. The third-order valence-electron chi connectivity index (χ3n) is 4.17. The highest BCUT2D eigenvalue weighted by Gasteiger charge is 2.32. The van der Waals surface area contributed by atoms with Crippen molar-refractivity contribution in [2.24, 2.45) is 5.92 Å². The number of anilines is 1. The van der Waals surface area contributed by atoms with E-state index in [1.54, 1.807) is 6.92 Å². The van der Waals surface area contributed by atoms with E-state index in [1.807, 2.05) is 0 Å². The second-order valence-electron chi connectivity index (χ2n) is 5.94. The number of esters is 1. The van der Waals surface area contributed by atoms with E-state index in [0.717, 1.165) is 6.07 Å². The van der Waals surface area contributed by atoms with Gasteiger partial charge in [-0.2, -0.15) is 0 Å². The van der Waals surface area contributed by atoms with E-state index < -0.39 is 22.7 Å². The molecule has 0 saturated carbocycles. The number of nitro groups is 1. The first kappa shape index (κ1) is 20.1. The highest BCUT2D eigenvalue weighted by molar-refractivity contribution is 6.39. The van der Waals surface area contributed by atoms with Crippen LogP contribution in [0, 0.1) is 16.0 Å². The van der Waals surface area contributed by atoms with Gasteiger partial charge in [-0.3, -0.25) is 24.5 Å². The molecule has 0 radical (unpaired) electrons. The molecular weight excluding hydrogens is 358 g/mol. The summed E-state index contributed by atoms with van der Waals surface area (Å²) in [5.41, 5.74) is -0.0649. The number of nitro benzene ring substituents is 1. The summed E-state index contributed by atoms with van der Waals surface area (Å²) in [4.78, 5) is 48.1. The zero-order valence-corrected chi connectivity index (χ0v) is 15.1. The Morgan fingerprint density at radius 3 is 2.74 bits per heavy atom. The van der Waals surface area contributed by atoms with E-state index in [9.17, 15) is 24.5 Å². The summed E-state index contributed by atoms with van der Waals surface area (Å²) in [6, 6.07) is 3.64. The second kappa shape index (κ2) is 8.97. The van der Waals surface area contributed by atoms with Crippen LogP contribution in [0.5, 0.6) is 5.75 Å². The van der Waals surface area contributed by atoms with Gasteiger partial charge in [0.1, 0.15) is 5.75 Å². The minimum Gasteiger partial charge on any atom is -0.494 e. The molecule has 0 aliphatic carbocycles. The number of rotatable bonds is 5. The topological polar surface area (TPSA) is 128 Å². The summed E-state index contributed by atoms with van der Waals surface area (Å²) in [6.45, 7) is 2.43. The summed E-state index contributed by atoms with van der Waals surface area (Å²) >= 11 is 0. The number of hydrogen-bond acceptors (Lipinski definition) is 7. The van der Waals surface area contributed by atoms with Crippen LogP contribution in [-0.4, -0.2) is 54.4 Å². The Kier molecular flexibility index (Phi) is 6.69. The minimum absolute atomic E-state index is 0.0633. The van der Waals surface area contributed by atoms with Crippen molar-refractivity contribution in [2.75, 3.05) is 32.1 Å². The molecule has 1 atom stereocenters. The molecule has 1 aromatic carbocycles. The molecule has 1 aliphatic rings. The third kappa shape index (κ3) is 4.93. The van der Waals surface area contributed by atoms with Gasteiger partial charge in [-0.25, -0.2) is 0 Å². The van der Waals surface area contributed by atoms with Gasteiger partial charge in [0.05, 0.1) is 36.3 Å². The molecule has 0 aromatic heterocycles. The van der Waals surface area contributed by atoms with Crippen molar-refractivity contribution < 1.29 is 28.8 Å². The predicted octanol–water partition coefficient (Wildman–Crippen LogP) is 1.34. The Morgan fingerprint density at radius 1 is 1.37 bits per heavy atom. The van der Waals surface area contributed by atoms with Crippen molar-refractivity contribution >= 4 is 29.2 Å². The summed E-state index contributed by atoms with van der Waals surface area (Å²) < 4.78 is 10.0. The fourth-order valence-corrected chi connectivity index (χ4v) is 2.83. The summed E-state index contributed by atoms with van der Waals surface area (Å²) in [5, 5.41) is 13.2. The molecule has 1 unspecified atom stereocenters. The lowest BCUT2D eigenvalue weighted by molar-refractivity contribution is -0.384. The van der Waals surface area contributed by atoms with E-state index in [2.05, 4.69) is 5.32 Å². The number of carbonyl (C=O) groups excluding carboxylic acids is 3. The van der Waals surface area contributed by atoms with Gasteiger partial charge in [0.25, 0.3) is 5.69 Å². The lowest BCUT2D eigenvalue weighted by Crippen LogP contribution is -2.47. The molecular formula is C17H21N3O7. The van der Waals surface area contributed by atoms with Gasteiger partial charge in [-0.1, -0.05) is 0 Å². The number of carbonyl (C=O) groups is 3. The summed E-state index contributed by atoms with van der Waals surface area (Å²) in [5.74, 6) is -2.47. The molecule has 1 aliphatic heterocycles. The van der Waals surface area contributed by atoms with Gasteiger partial charge in [-0.05, 0) is 25.8 Å². The van der Waals surface area contributed by atoms with Crippen molar-refractivity contribution in [3.8, 4) is 5.75 Å². The SMILES string of the molecule is CCOC(=O)C1CCCN(C(=O)C(=O)Nc2ccc([N+](=O)[O-])cc2OC)C1. The van der Waals surface area contributed by atoms with Crippen LogP contribution in [0.4, 0.5) is 11.4 Å². The minimum atomic E-state index is -0.910. The molecule has 1 saturated heterocycles. The van der Waals surface area contributed by atoms with E-state index >= 15 is 0 Å². The maximum Gasteiger partial charge on any atom is 0.314 e. The largest absolute Gasteiger partial charge is 0.494 e. The maximum atomic E-state index is 12.4. The quantitative estimate of drug-likeness (QED) is 0.354. The molecule has 2 rings (SSSR count). The summed E-state index contributed by atoms with van der Waals surface area (Å²) in [6.07, 6.45) is 1.18. The van der Waals surface area contributed by atoms with Crippen molar-refractivity contribution in [3.63, 3.8) is 0 Å². The second-order valence-corrected chi connectivity index (χ2v) is 5.94. The van der Waals surface area contributed by atoms with Gasteiger partial charge in [0.2, 0.25) is 0 Å². The number of benzene rings is 1. The van der Waals surface area contributed by atoms with Gasteiger partial charge < -0.3 is 19.7 Å². The van der Waals surface area contributed by atoms with Crippen LogP contribution in [0.15, 0.2) is 18.2 Å². The van der Waals surface area contributed by atoms with Gasteiger partial charge in [0.15, 0.2) is 0 Å². The predicted molar refractivity (Wildman–Crippen MR) is 94.2 cm³/mol. The van der Waals surface area contributed by atoms with Gasteiger partial charge in [-0.15, -0.1) is 0 Å². The van der Waals surface area contributed by atoms with Crippen LogP contribution < -0.4 is 10.1 Å². The molecule has 2 amide bonds. The van der Waals surface area contributed by atoms with Gasteiger partial charge >= 0.3 is 17.8 Å². The Balaban J connectivity index is 2.06. The van der Waals surface area contributed by atoms with Crippen molar-refractivity contribution in [1.29, 1.82) is 0 Å². The number of nitrogens with one attached hydrogen (secondary N) is 1. The zero-order valence-electron chi connectivity index (χ0n) is 15.1. The van der Waals surface area contributed by atoms with E-state index in [4.69, 9.17) is 9.47 Å². The lowest BCUT2D eigenvalue weighted by Gasteiger charge is -2.31. The molecule has 1 fully saturated rings. The molecule has 1 N–H and O–H groups in total. The maximum absolute atomic E-state index is 12.4. The third-order valence-corrected chi connectivity index (χ3v) is 4.17. The molecule has 0 bridgehead atoms. The molecule has 146 valence electrons. The molecule has 1 aromatic rings. The first-order chi connectivity index (χ1) is 12.9. The Labute approximate surface area is 155 Å². The fourth-order valence-electron chi connectivity index (χ4n) is 2.83. The van der Waals surface area contributed by atoms with E-state index in [-0.39, 0.29) is 36.2 Å². The molecule has 10 heteroatoms.